The summed E-state index contributed by atoms with van der Waals surface area (Å²) in [5, 5.41) is 0.197. The highest BCUT2D eigenvalue weighted by molar-refractivity contribution is 7.87. The molecule has 0 aliphatic heterocycles. The number of fused-ring (bicyclic) bond motifs is 1. The Balaban J connectivity index is 1.64. The number of nitrogens with zero attached hydrogens (tertiary/aromatic N) is 2. The lowest BCUT2D eigenvalue weighted by atomic mass is 10.0. The fraction of sp³-hybridized carbons (Fsp3) is 0.0714. The van der Waals surface area contributed by atoms with Crippen LogP contribution in [-0.2, 0) is 10.1 Å². The molecule has 16 heteroatoms. The molecule has 2 aromatic heterocycles. The summed E-state index contributed by atoms with van der Waals surface area (Å²) >= 11 is 6.03. The van der Waals surface area contributed by atoms with Crippen LogP contribution in [0.5, 0.6) is 17.4 Å². The van der Waals surface area contributed by atoms with Crippen LogP contribution in [0, 0.1) is 34.9 Å². The number of methoxy groups -OCH3 is 2. The van der Waals surface area contributed by atoms with Crippen LogP contribution < -0.4 is 19.2 Å². The van der Waals surface area contributed by atoms with Gasteiger partial charge in [-0.15, -0.1) is 0 Å². The molecule has 0 aliphatic rings. The van der Waals surface area contributed by atoms with E-state index in [1.807, 2.05) is 0 Å². The molecule has 44 heavy (non-hydrogen) atoms. The van der Waals surface area contributed by atoms with Gasteiger partial charge in [0.05, 0.1) is 30.4 Å². The molecule has 0 atom stereocenters. The molecule has 5 aromatic rings. The lowest BCUT2D eigenvalue weighted by molar-refractivity contribution is 0.346. The van der Waals surface area contributed by atoms with Gasteiger partial charge in [0.25, 0.3) is 5.56 Å². The number of ether oxygens (including phenoxy) is 2. The molecule has 0 radical (unpaired) electrons. The Labute approximate surface area is 248 Å². The summed E-state index contributed by atoms with van der Waals surface area (Å²) in [6, 6.07) is 8.69. The summed E-state index contributed by atoms with van der Waals surface area (Å²) in [6.45, 7) is 0. The first-order valence-electron chi connectivity index (χ1n) is 12.0. The first-order valence-corrected chi connectivity index (χ1v) is 13.8. The van der Waals surface area contributed by atoms with Crippen LogP contribution in [0.25, 0.3) is 27.7 Å². The normalized spacial score (nSPS) is 11.6. The molecule has 2 heterocycles. The van der Waals surface area contributed by atoms with E-state index in [1.54, 1.807) is 0 Å². The second-order valence-electron chi connectivity index (χ2n) is 8.88. The standard InChI is InChI=1S/C28H15ClF6N2O6S/c1-41-20-9-15(16-8-13(29)11-36-28(16)42-2)17(30)10-19(20)37-18-5-4-14(7-12(18)3-6-21(37)38)44(39,40)43-27-25(34)23(32)22(31)24(33)26(27)35/h3-11H,1-2H3. The number of aromatic nitrogens is 2. The monoisotopic (exact) mass is 656 g/mol. The maximum Gasteiger partial charge on any atom is 0.339 e. The summed E-state index contributed by atoms with van der Waals surface area (Å²) < 4.78 is 126. The third-order valence-electron chi connectivity index (χ3n) is 6.33. The second kappa shape index (κ2) is 11.4. The molecule has 0 spiro atoms. The van der Waals surface area contributed by atoms with Gasteiger partial charge in [0.1, 0.15) is 16.5 Å². The predicted octanol–water partition coefficient (Wildman–Crippen LogP) is 6.33. The van der Waals surface area contributed by atoms with Gasteiger partial charge in [-0.2, -0.15) is 17.2 Å². The van der Waals surface area contributed by atoms with E-state index < -0.39 is 61.2 Å². The van der Waals surface area contributed by atoms with Crippen molar-refractivity contribution in [3.05, 3.63) is 105 Å². The zero-order chi connectivity index (χ0) is 32.1. The van der Waals surface area contributed by atoms with Gasteiger partial charge in [-0.25, -0.2) is 22.5 Å². The molecular weight excluding hydrogens is 642 g/mol. The minimum Gasteiger partial charge on any atom is -0.495 e. The van der Waals surface area contributed by atoms with Crippen molar-refractivity contribution in [3.63, 3.8) is 0 Å². The minimum atomic E-state index is -5.19. The topological polar surface area (TPSA) is 96.7 Å². The van der Waals surface area contributed by atoms with E-state index in [-0.39, 0.29) is 44.4 Å². The van der Waals surface area contributed by atoms with E-state index in [9.17, 15) is 35.2 Å². The quantitative estimate of drug-likeness (QED) is 0.0875. The Kier molecular flexibility index (Phi) is 7.94. The summed E-state index contributed by atoms with van der Waals surface area (Å²) in [4.78, 5) is 16.3. The molecule has 0 N–H and O–H groups in total. The fourth-order valence-corrected chi connectivity index (χ4v) is 5.44. The molecular formula is C28H15ClF6N2O6S. The van der Waals surface area contributed by atoms with E-state index in [2.05, 4.69) is 9.17 Å². The Morgan fingerprint density at radius 2 is 1.45 bits per heavy atom. The van der Waals surface area contributed by atoms with Crippen LogP contribution in [0.2, 0.25) is 5.02 Å². The zero-order valence-corrected chi connectivity index (χ0v) is 23.7. The molecule has 5 rings (SSSR count). The molecule has 0 aliphatic carbocycles. The molecule has 0 amide bonds. The van der Waals surface area contributed by atoms with E-state index in [1.165, 1.54) is 38.6 Å². The second-order valence-corrected chi connectivity index (χ2v) is 10.9. The number of halogens is 7. The summed E-state index contributed by atoms with van der Waals surface area (Å²) in [5.41, 5.74) is -0.648. The zero-order valence-electron chi connectivity index (χ0n) is 22.1. The average Bonchev–Trinajstić information content (AvgIpc) is 3.00. The van der Waals surface area contributed by atoms with Gasteiger partial charge in [-0.1, -0.05) is 11.6 Å². The highest BCUT2D eigenvalue weighted by atomic mass is 35.5. The van der Waals surface area contributed by atoms with E-state index >= 15 is 4.39 Å². The Morgan fingerprint density at radius 3 is 2.09 bits per heavy atom. The van der Waals surface area contributed by atoms with Gasteiger partial charge in [-0.05, 0) is 36.4 Å². The Morgan fingerprint density at radius 1 is 0.795 bits per heavy atom. The number of rotatable bonds is 7. The molecule has 3 aromatic carbocycles. The third kappa shape index (κ3) is 5.17. The maximum atomic E-state index is 15.6. The van der Waals surface area contributed by atoms with E-state index in [4.69, 9.17) is 21.1 Å². The average molecular weight is 657 g/mol. The van der Waals surface area contributed by atoms with Crippen molar-refractivity contribution < 1.29 is 48.4 Å². The van der Waals surface area contributed by atoms with E-state index in [0.29, 0.717) is 0 Å². The minimum absolute atomic E-state index is 0.00984. The molecule has 0 fully saturated rings. The van der Waals surface area contributed by atoms with Crippen molar-refractivity contribution in [2.24, 2.45) is 0 Å². The first-order chi connectivity index (χ1) is 20.8. The summed E-state index contributed by atoms with van der Waals surface area (Å²) in [5.74, 6) is -15.1. The van der Waals surface area contributed by atoms with Gasteiger partial charge >= 0.3 is 10.1 Å². The van der Waals surface area contributed by atoms with Crippen molar-refractivity contribution in [2.75, 3.05) is 14.2 Å². The molecule has 0 saturated carbocycles. The van der Waals surface area contributed by atoms with Crippen molar-refractivity contribution in [3.8, 4) is 34.2 Å². The lowest BCUT2D eigenvalue weighted by Gasteiger charge is -2.17. The predicted molar refractivity (Wildman–Crippen MR) is 145 cm³/mol. The van der Waals surface area contributed by atoms with Gasteiger partial charge in [0.2, 0.25) is 40.7 Å². The summed E-state index contributed by atoms with van der Waals surface area (Å²) in [6.07, 6.45) is 1.30. The number of benzene rings is 3. The first kappa shape index (κ1) is 30.7. The molecule has 0 saturated heterocycles. The van der Waals surface area contributed by atoms with Crippen molar-refractivity contribution in [1.29, 1.82) is 0 Å². The molecule has 8 nitrogen and oxygen atoms in total. The van der Waals surface area contributed by atoms with Gasteiger partial charge in [0.15, 0.2) is 0 Å². The maximum absolute atomic E-state index is 15.6. The molecule has 0 unspecified atom stereocenters. The largest absolute Gasteiger partial charge is 0.495 e. The molecule has 0 bridgehead atoms. The van der Waals surface area contributed by atoms with Crippen LogP contribution in [0.3, 0.4) is 0 Å². The lowest BCUT2D eigenvalue weighted by Crippen LogP contribution is -2.19. The van der Waals surface area contributed by atoms with Crippen LogP contribution in [0.15, 0.2) is 64.4 Å². The molecule has 228 valence electrons. The number of hydrogen-bond donors (Lipinski definition) is 0. The fourth-order valence-electron chi connectivity index (χ4n) is 4.31. The van der Waals surface area contributed by atoms with Gasteiger partial charge < -0.3 is 13.7 Å². The van der Waals surface area contributed by atoms with Gasteiger partial charge in [-0.3, -0.25) is 9.36 Å². The van der Waals surface area contributed by atoms with Crippen molar-refractivity contribution in [1.82, 2.24) is 9.55 Å². The number of pyridine rings is 2. The van der Waals surface area contributed by atoms with Crippen LogP contribution in [0.4, 0.5) is 26.3 Å². The highest BCUT2D eigenvalue weighted by Crippen LogP contribution is 2.38. The van der Waals surface area contributed by atoms with Crippen LogP contribution in [-0.4, -0.2) is 32.2 Å². The van der Waals surface area contributed by atoms with Crippen LogP contribution >= 0.6 is 11.6 Å². The Hall–Kier alpha value is -4.76. The summed E-state index contributed by atoms with van der Waals surface area (Å²) in [7, 11) is -2.61. The van der Waals surface area contributed by atoms with Crippen molar-refractivity contribution >= 4 is 32.6 Å². The smallest absolute Gasteiger partial charge is 0.339 e. The van der Waals surface area contributed by atoms with Crippen molar-refractivity contribution in [2.45, 2.75) is 4.90 Å². The Bertz CT molecular complexity index is 2130. The third-order valence-corrected chi connectivity index (χ3v) is 7.75. The van der Waals surface area contributed by atoms with Crippen LogP contribution in [0.1, 0.15) is 0 Å². The number of hydrogen-bond acceptors (Lipinski definition) is 7. The SMILES string of the molecule is COc1cc(-c2cc(Cl)cnc2OC)c(F)cc1-n1c(=O)ccc2cc(S(=O)(=O)Oc3c(F)c(F)c(F)c(F)c3F)ccc21. The van der Waals surface area contributed by atoms with E-state index in [0.717, 1.165) is 34.9 Å². The highest BCUT2D eigenvalue weighted by Gasteiger charge is 2.31. The van der Waals surface area contributed by atoms with Gasteiger partial charge in [0, 0.05) is 34.8 Å².